The largest absolute Gasteiger partial charge is 0.330 e. The van der Waals surface area contributed by atoms with Crippen molar-refractivity contribution in [3.8, 4) is 0 Å². The molecule has 0 aromatic carbocycles. The van der Waals surface area contributed by atoms with Crippen molar-refractivity contribution in [2.75, 3.05) is 18.5 Å². The Kier molecular flexibility index (Phi) is 5.54. The number of anilines is 1. The molecule has 2 amide bonds. The standard InChI is InChI=1S/C18H24BrN3O2/c1-21(16-10-9-14(19)12-20-16)18(24)15-8-5-11-22(15)17(23)13-6-3-2-4-7-13/h9-10,12-13,15H,2-8,11H2,1H3/t15-/m0/s1. The minimum absolute atomic E-state index is 0.0357. The summed E-state index contributed by atoms with van der Waals surface area (Å²) in [5.41, 5.74) is 0. The lowest BCUT2D eigenvalue weighted by atomic mass is 9.88. The van der Waals surface area contributed by atoms with Crippen LogP contribution in [0.3, 0.4) is 0 Å². The van der Waals surface area contributed by atoms with E-state index in [-0.39, 0.29) is 23.8 Å². The molecule has 0 unspecified atom stereocenters. The third-order valence-electron chi connectivity index (χ3n) is 5.16. The van der Waals surface area contributed by atoms with E-state index in [9.17, 15) is 9.59 Å². The number of carbonyl (C=O) groups is 2. The number of rotatable bonds is 3. The normalized spacial score (nSPS) is 21.8. The number of nitrogens with zero attached hydrogens (tertiary/aromatic N) is 3. The van der Waals surface area contributed by atoms with Crippen molar-refractivity contribution in [3.05, 3.63) is 22.8 Å². The first-order valence-electron chi connectivity index (χ1n) is 8.77. The Balaban J connectivity index is 1.70. The summed E-state index contributed by atoms with van der Waals surface area (Å²) in [5.74, 6) is 0.873. The van der Waals surface area contributed by atoms with Gasteiger partial charge in [0.05, 0.1) is 0 Å². The van der Waals surface area contributed by atoms with Crippen molar-refractivity contribution >= 4 is 33.6 Å². The minimum atomic E-state index is -0.338. The zero-order valence-electron chi connectivity index (χ0n) is 14.1. The highest BCUT2D eigenvalue weighted by Crippen LogP contribution is 2.29. The number of hydrogen-bond acceptors (Lipinski definition) is 3. The van der Waals surface area contributed by atoms with Gasteiger partial charge in [0, 0.05) is 30.2 Å². The molecule has 0 radical (unpaired) electrons. The third-order valence-corrected chi connectivity index (χ3v) is 5.63. The van der Waals surface area contributed by atoms with Crippen molar-refractivity contribution in [2.45, 2.75) is 51.0 Å². The molecule has 6 heteroatoms. The highest BCUT2D eigenvalue weighted by atomic mass is 79.9. The van der Waals surface area contributed by atoms with Crippen LogP contribution in [0.25, 0.3) is 0 Å². The summed E-state index contributed by atoms with van der Waals surface area (Å²) in [6.45, 7) is 0.702. The van der Waals surface area contributed by atoms with Crippen LogP contribution in [-0.4, -0.2) is 41.3 Å². The van der Waals surface area contributed by atoms with Gasteiger partial charge in [-0.25, -0.2) is 4.98 Å². The summed E-state index contributed by atoms with van der Waals surface area (Å²) < 4.78 is 0.877. The maximum Gasteiger partial charge on any atom is 0.250 e. The van der Waals surface area contributed by atoms with Crippen LogP contribution >= 0.6 is 15.9 Å². The Morgan fingerprint density at radius 2 is 1.92 bits per heavy atom. The van der Waals surface area contributed by atoms with E-state index in [0.717, 1.165) is 43.0 Å². The molecule has 1 saturated carbocycles. The molecule has 1 aliphatic heterocycles. The molecule has 2 fully saturated rings. The number of hydrogen-bond donors (Lipinski definition) is 0. The molecule has 1 atom stereocenters. The molecule has 2 aliphatic rings. The van der Waals surface area contributed by atoms with E-state index in [0.29, 0.717) is 12.4 Å². The summed E-state index contributed by atoms with van der Waals surface area (Å²) in [6, 6.07) is 3.34. The Hall–Kier alpha value is -1.43. The second-order valence-corrected chi connectivity index (χ2v) is 7.67. The number of amides is 2. The van der Waals surface area contributed by atoms with Gasteiger partial charge in [-0.1, -0.05) is 19.3 Å². The lowest BCUT2D eigenvalue weighted by Crippen LogP contribution is -2.48. The van der Waals surface area contributed by atoms with Gasteiger partial charge in [0.25, 0.3) is 5.91 Å². The molecule has 0 N–H and O–H groups in total. The van der Waals surface area contributed by atoms with Crippen LogP contribution in [0.4, 0.5) is 5.82 Å². The molecule has 0 bridgehead atoms. The first-order chi connectivity index (χ1) is 11.6. The average Bonchev–Trinajstić information content (AvgIpc) is 3.11. The zero-order valence-corrected chi connectivity index (χ0v) is 15.7. The quantitative estimate of drug-likeness (QED) is 0.790. The lowest BCUT2D eigenvalue weighted by Gasteiger charge is -2.31. The SMILES string of the molecule is CN(C(=O)[C@@H]1CCCN1C(=O)C1CCCCC1)c1ccc(Br)cn1. The Bertz CT molecular complexity index is 599. The monoisotopic (exact) mass is 393 g/mol. The molecule has 2 heterocycles. The Morgan fingerprint density at radius 1 is 1.17 bits per heavy atom. The van der Waals surface area contributed by atoms with E-state index in [1.165, 1.54) is 6.42 Å². The molecule has 1 saturated heterocycles. The zero-order chi connectivity index (χ0) is 17.1. The van der Waals surface area contributed by atoms with E-state index in [1.807, 2.05) is 17.0 Å². The molecule has 130 valence electrons. The lowest BCUT2D eigenvalue weighted by molar-refractivity contribution is -0.141. The van der Waals surface area contributed by atoms with Crippen molar-refractivity contribution in [1.29, 1.82) is 0 Å². The van der Waals surface area contributed by atoms with Gasteiger partial charge in [0.15, 0.2) is 0 Å². The topological polar surface area (TPSA) is 53.5 Å². The summed E-state index contributed by atoms with van der Waals surface area (Å²) in [6.07, 6.45) is 8.76. The summed E-state index contributed by atoms with van der Waals surface area (Å²) in [7, 11) is 1.74. The fourth-order valence-corrected chi connectivity index (χ4v) is 4.01. The van der Waals surface area contributed by atoms with E-state index < -0.39 is 0 Å². The number of likely N-dealkylation sites (N-methyl/N-ethyl adjacent to an activating group) is 1. The fourth-order valence-electron chi connectivity index (χ4n) is 3.77. The predicted molar refractivity (Wildman–Crippen MR) is 96.7 cm³/mol. The summed E-state index contributed by atoms with van der Waals surface area (Å²) >= 11 is 3.35. The number of carbonyl (C=O) groups excluding carboxylic acids is 2. The number of aromatic nitrogens is 1. The molecule has 1 aromatic rings. The number of pyridine rings is 1. The molecule has 3 rings (SSSR count). The van der Waals surface area contributed by atoms with E-state index >= 15 is 0 Å². The van der Waals surface area contributed by atoms with Crippen LogP contribution in [0.15, 0.2) is 22.8 Å². The van der Waals surface area contributed by atoms with Crippen molar-refractivity contribution in [3.63, 3.8) is 0 Å². The van der Waals surface area contributed by atoms with Gasteiger partial charge in [-0.05, 0) is 53.7 Å². The second kappa shape index (κ2) is 7.64. The van der Waals surface area contributed by atoms with E-state index in [2.05, 4.69) is 20.9 Å². The van der Waals surface area contributed by atoms with Gasteiger partial charge in [0.1, 0.15) is 11.9 Å². The van der Waals surface area contributed by atoms with Gasteiger partial charge in [-0.3, -0.25) is 14.5 Å². The Morgan fingerprint density at radius 3 is 2.58 bits per heavy atom. The predicted octanol–water partition coefficient (Wildman–Crippen LogP) is 3.38. The van der Waals surface area contributed by atoms with Crippen LogP contribution in [0.5, 0.6) is 0 Å². The molecule has 5 nitrogen and oxygen atoms in total. The first-order valence-corrected chi connectivity index (χ1v) is 9.57. The van der Waals surface area contributed by atoms with Gasteiger partial charge in [-0.15, -0.1) is 0 Å². The molecular weight excluding hydrogens is 370 g/mol. The highest BCUT2D eigenvalue weighted by Gasteiger charge is 2.38. The fraction of sp³-hybridized carbons (Fsp3) is 0.611. The maximum atomic E-state index is 12.9. The summed E-state index contributed by atoms with van der Waals surface area (Å²) in [4.78, 5) is 33.4. The smallest absolute Gasteiger partial charge is 0.250 e. The van der Waals surface area contributed by atoms with Crippen LogP contribution in [0, 0.1) is 5.92 Å². The Labute approximate surface area is 151 Å². The van der Waals surface area contributed by atoms with Crippen molar-refractivity contribution < 1.29 is 9.59 Å². The second-order valence-electron chi connectivity index (χ2n) is 6.76. The molecule has 24 heavy (non-hydrogen) atoms. The van der Waals surface area contributed by atoms with Crippen molar-refractivity contribution in [2.24, 2.45) is 5.92 Å². The first kappa shape index (κ1) is 17.4. The van der Waals surface area contributed by atoms with E-state index in [4.69, 9.17) is 0 Å². The number of halogens is 1. The molecule has 1 aliphatic carbocycles. The maximum absolute atomic E-state index is 12.9. The van der Waals surface area contributed by atoms with Crippen LogP contribution in [0.2, 0.25) is 0 Å². The molecular formula is C18H24BrN3O2. The van der Waals surface area contributed by atoms with Crippen LogP contribution in [-0.2, 0) is 9.59 Å². The summed E-state index contributed by atoms with van der Waals surface area (Å²) in [5, 5.41) is 0. The van der Waals surface area contributed by atoms with Gasteiger partial charge in [-0.2, -0.15) is 0 Å². The van der Waals surface area contributed by atoms with Gasteiger partial charge < -0.3 is 4.90 Å². The van der Waals surface area contributed by atoms with Crippen LogP contribution < -0.4 is 4.90 Å². The highest BCUT2D eigenvalue weighted by molar-refractivity contribution is 9.10. The van der Waals surface area contributed by atoms with Gasteiger partial charge in [0.2, 0.25) is 5.91 Å². The van der Waals surface area contributed by atoms with Gasteiger partial charge >= 0.3 is 0 Å². The van der Waals surface area contributed by atoms with E-state index in [1.54, 1.807) is 18.1 Å². The molecule has 0 spiro atoms. The van der Waals surface area contributed by atoms with Crippen molar-refractivity contribution in [1.82, 2.24) is 9.88 Å². The molecule has 1 aromatic heterocycles. The van der Waals surface area contributed by atoms with Crippen LogP contribution in [0.1, 0.15) is 44.9 Å². The third kappa shape index (κ3) is 3.63. The number of likely N-dealkylation sites (tertiary alicyclic amines) is 1. The average molecular weight is 394 g/mol. The minimum Gasteiger partial charge on any atom is -0.330 e.